The van der Waals surface area contributed by atoms with E-state index in [1.807, 2.05) is 31.2 Å². The van der Waals surface area contributed by atoms with E-state index in [9.17, 15) is 9.59 Å². The van der Waals surface area contributed by atoms with Crippen molar-refractivity contribution in [3.8, 4) is 0 Å². The Labute approximate surface area is 191 Å². The number of rotatable bonds is 6. The number of para-hydroxylation sites is 1. The maximum absolute atomic E-state index is 13.1. The van der Waals surface area contributed by atoms with Gasteiger partial charge in [0, 0.05) is 29.3 Å². The molecular formula is C21H17ClN4O3S2. The average molecular weight is 473 g/mol. The van der Waals surface area contributed by atoms with Crippen LogP contribution in [0.3, 0.4) is 0 Å². The summed E-state index contributed by atoms with van der Waals surface area (Å²) in [5.41, 5.74) is 2.28. The highest BCUT2D eigenvalue weighted by atomic mass is 35.5. The molecule has 2 amide bonds. The molecule has 0 saturated heterocycles. The quantitative estimate of drug-likeness (QED) is 0.347. The summed E-state index contributed by atoms with van der Waals surface area (Å²) in [7, 11) is 0. The molecule has 2 N–H and O–H groups in total. The lowest BCUT2D eigenvalue weighted by molar-refractivity contribution is -0.114. The van der Waals surface area contributed by atoms with Crippen LogP contribution in [-0.2, 0) is 10.5 Å². The van der Waals surface area contributed by atoms with Crippen molar-refractivity contribution < 1.29 is 14.0 Å². The molecule has 0 spiro atoms. The number of fused-ring (bicyclic) bond motifs is 1. The van der Waals surface area contributed by atoms with Crippen LogP contribution in [0, 0.1) is 6.92 Å². The third kappa shape index (κ3) is 4.90. The Bertz CT molecular complexity index is 1280. The van der Waals surface area contributed by atoms with Crippen molar-refractivity contribution in [1.29, 1.82) is 0 Å². The van der Waals surface area contributed by atoms with Gasteiger partial charge < -0.3 is 15.1 Å². The van der Waals surface area contributed by atoms with Crippen LogP contribution in [0.5, 0.6) is 0 Å². The molecule has 0 saturated carbocycles. The van der Waals surface area contributed by atoms with Crippen molar-refractivity contribution >= 4 is 68.9 Å². The van der Waals surface area contributed by atoms with Crippen molar-refractivity contribution in [2.45, 2.75) is 23.9 Å². The highest BCUT2D eigenvalue weighted by molar-refractivity contribution is 8.00. The summed E-state index contributed by atoms with van der Waals surface area (Å²) in [6, 6.07) is 12.4. The minimum atomic E-state index is -0.429. The van der Waals surface area contributed by atoms with E-state index in [0.717, 1.165) is 20.3 Å². The van der Waals surface area contributed by atoms with Gasteiger partial charge in [-0.15, -0.1) is 10.2 Å². The molecule has 0 atom stereocenters. The Kier molecular flexibility index (Phi) is 6.26. The van der Waals surface area contributed by atoms with Gasteiger partial charge in [0.2, 0.25) is 5.91 Å². The highest BCUT2D eigenvalue weighted by Crippen LogP contribution is 2.34. The maximum atomic E-state index is 13.1. The lowest BCUT2D eigenvalue weighted by atomic mass is 10.1. The van der Waals surface area contributed by atoms with Gasteiger partial charge in [-0.3, -0.25) is 9.59 Å². The molecule has 10 heteroatoms. The largest absolute Gasteiger partial charge is 0.451 e. The Morgan fingerprint density at radius 2 is 1.97 bits per heavy atom. The summed E-state index contributed by atoms with van der Waals surface area (Å²) < 4.78 is 6.71. The normalized spacial score (nSPS) is 10.9. The third-order valence-corrected chi connectivity index (χ3v) is 6.62. The predicted molar refractivity (Wildman–Crippen MR) is 124 cm³/mol. The van der Waals surface area contributed by atoms with Gasteiger partial charge in [-0.05, 0) is 31.2 Å². The zero-order valence-corrected chi connectivity index (χ0v) is 19.0. The topological polar surface area (TPSA) is 97.1 Å². The highest BCUT2D eigenvalue weighted by Gasteiger charge is 2.22. The number of anilines is 2. The SMILES string of the molecule is CC(=O)Nc1ccc(Cl)c(NC(=O)c2oc3ccccc3c2CSc2nnc(C)s2)c1. The maximum Gasteiger partial charge on any atom is 0.291 e. The van der Waals surface area contributed by atoms with Gasteiger partial charge in [0.1, 0.15) is 10.6 Å². The Balaban J connectivity index is 1.64. The first-order valence-corrected chi connectivity index (χ1v) is 11.4. The monoisotopic (exact) mass is 472 g/mol. The van der Waals surface area contributed by atoms with Crippen LogP contribution in [-0.4, -0.2) is 22.0 Å². The van der Waals surface area contributed by atoms with E-state index in [1.54, 1.807) is 18.2 Å². The molecule has 4 aromatic rings. The number of nitrogens with one attached hydrogen (secondary N) is 2. The van der Waals surface area contributed by atoms with E-state index in [0.29, 0.717) is 27.7 Å². The lowest BCUT2D eigenvalue weighted by Gasteiger charge is -2.10. The Hall–Kier alpha value is -2.88. The fourth-order valence-corrected chi connectivity index (χ4v) is 4.99. The Morgan fingerprint density at radius 1 is 1.16 bits per heavy atom. The van der Waals surface area contributed by atoms with Gasteiger partial charge in [-0.1, -0.05) is 52.9 Å². The molecular weight excluding hydrogens is 456 g/mol. The molecule has 7 nitrogen and oxygen atoms in total. The fraction of sp³-hybridized carbons (Fsp3) is 0.143. The number of nitrogens with zero attached hydrogens (tertiary/aromatic N) is 2. The lowest BCUT2D eigenvalue weighted by Crippen LogP contribution is -2.14. The number of carbonyl (C=O) groups excluding carboxylic acids is 2. The van der Waals surface area contributed by atoms with Crippen LogP contribution < -0.4 is 10.6 Å². The summed E-state index contributed by atoms with van der Waals surface area (Å²) in [5.74, 6) is 0.0507. The number of amides is 2. The van der Waals surface area contributed by atoms with Crippen molar-refractivity contribution in [2.75, 3.05) is 10.6 Å². The molecule has 0 bridgehead atoms. The first kappa shape index (κ1) is 21.4. The van der Waals surface area contributed by atoms with Crippen LogP contribution in [0.15, 0.2) is 51.2 Å². The third-order valence-electron chi connectivity index (χ3n) is 4.29. The van der Waals surface area contributed by atoms with Gasteiger partial charge in [0.15, 0.2) is 10.1 Å². The first-order chi connectivity index (χ1) is 14.9. The fourth-order valence-electron chi connectivity index (χ4n) is 2.98. The van der Waals surface area contributed by atoms with Crippen LogP contribution in [0.2, 0.25) is 5.02 Å². The molecule has 2 aromatic carbocycles. The van der Waals surface area contributed by atoms with Gasteiger partial charge in [-0.25, -0.2) is 0 Å². The van der Waals surface area contributed by atoms with Crippen LogP contribution in [0.4, 0.5) is 11.4 Å². The second-order valence-corrected chi connectivity index (χ2v) is 9.42. The Morgan fingerprint density at radius 3 is 2.71 bits per heavy atom. The molecule has 31 heavy (non-hydrogen) atoms. The van der Waals surface area contributed by atoms with Crippen LogP contribution >= 0.6 is 34.7 Å². The van der Waals surface area contributed by atoms with Crippen molar-refractivity contribution in [3.63, 3.8) is 0 Å². The van der Waals surface area contributed by atoms with Crippen molar-refractivity contribution in [3.05, 3.63) is 63.8 Å². The number of aromatic nitrogens is 2. The summed E-state index contributed by atoms with van der Waals surface area (Å²) in [6.45, 7) is 3.30. The summed E-state index contributed by atoms with van der Waals surface area (Å²) >= 11 is 9.24. The second-order valence-electron chi connectivity index (χ2n) is 6.61. The zero-order chi connectivity index (χ0) is 22.0. The minimum absolute atomic E-state index is 0.205. The number of benzene rings is 2. The smallest absolute Gasteiger partial charge is 0.291 e. The average Bonchev–Trinajstić information content (AvgIpc) is 3.31. The number of halogens is 1. The number of furan rings is 1. The van der Waals surface area contributed by atoms with E-state index in [-0.39, 0.29) is 11.7 Å². The summed E-state index contributed by atoms with van der Waals surface area (Å²) in [5, 5.41) is 15.7. The minimum Gasteiger partial charge on any atom is -0.451 e. The van der Waals surface area contributed by atoms with Crippen LogP contribution in [0.25, 0.3) is 11.0 Å². The number of hydrogen-bond acceptors (Lipinski definition) is 7. The number of aryl methyl sites for hydroxylation is 1. The molecule has 2 aromatic heterocycles. The molecule has 0 aliphatic carbocycles. The molecule has 2 heterocycles. The molecule has 0 radical (unpaired) electrons. The molecule has 4 rings (SSSR count). The van der Waals surface area contributed by atoms with Gasteiger partial charge >= 0.3 is 0 Å². The molecule has 158 valence electrons. The second kappa shape index (κ2) is 9.09. The molecule has 0 fully saturated rings. The summed E-state index contributed by atoms with van der Waals surface area (Å²) in [4.78, 5) is 24.5. The van der Waals surface area contributed by atoms with E-state index in [4.69, 9.17) is 16.0 Å². The zero-order valence-electron chi connectivity index (χ0n) is 16.6. The van der Waals surface area contributed by atoms with E-state index < -0.39 is 5.91 Å². The van der Waals surface area contributed by atoms with Gasteiger partial charge in [0.05, 0.1) is 10.7 Å². The van der Waals surface area contributed by atoms with Gasteiger partial charge in [-0.2, -0.15) is 0 Å². The van der Waals surface area contributed by atoms with Crippen LogP contribution in [0.1, 0.15) is 28.0 Å². The van der Waals surface area contributed by atoms with Crippen molar-refractivity contribution in [2.24, 2.45) is 0 Å². The first-order valence-electron chi connectivity index (χ1n) is 9.22. The summed E-state index contributed by atoms with van der Waals surface area (Å²) in [6.07, 6.45) is 0. The van der Waals surface area contributed by atoms with E-state index in [1.165, 1.54) is 30.0 Å². The van der Waals surface area contributed by atoms with Gasteiger partial charge in [0.25, 0.3) is 5.91 Å². The number of hydrogen-bond donors (Lipinski definition) is 2. The van der Waals surface area contributed by atoms with Crippen molar-refractivity contribution in [1.82, 2.24) is 10.2 Å². The molecule has 0 unspecified atom stereocenters. The number of carbonyl (C=O) groups is 2. The predicted octanol–water partition coefficient (Wildman–Crippen LogP) is 5.75. The van der Waals surface area contributed by atoms with E-state index in [2.05, 4.69) is 20.8 Å². The molecule has 0 aliphatic rings. The van der Waals surface area contributed by atoms with E-state index >= 15 is 0 Å². The standard InChI is InChI=1S/C21H17ClN4O3S2/c1-11(27)23-13-7-8-16(22)17(9-13)24-20(28)19-15(10-30-21-26-25-12(2)31-21)14-5-3-4-6-18(14)29-19/h3-9H,10H2,1-2H3,(H,23,27)(H,24,28). The molecule has 0 aliphatic heterocycles. The number of thioether (sulfide) groups is 1.